The van der Waals surface area contributed by atoms with Gasteiger partial charge in [-0.05, 0) is 29.8 Å². The van der Waals surface area contributed by atoms with Crippen molar-refractivity contribution in [3.8, 4) is 11.5 Å². The molecular weight excluding hydrogens is 306 g/mol. The van der Waals surface area contributed by atoms with E-state index in [1.54, 1.807) is 25.3 Å². The Morgan fingerprint density at radius 1 is 1.17 bits per heavy atom. The predicted molar refractivity (Wildman–Crippen MR) is 81.0 cm³/mol. The van der Waals surface area contributed by atoms with Crippen molar-refractivity contribution in [1.82, 2.24) is 5.16 Å². The standard InChI is InChI=1S/C16H14F2N2O3/c1-21-12-3-2-4-13-14(12)15(20-23-13)19-9-10-5-7-11(8-6-10)22-16(17)18/h2-8,16H,9H2,1H3,(H,19,20). The number of hydrogen-bond donors (Lipinski definition) is 1. The summed E-state index contributed by atoms with van der Waals surface area (Å²) in [6.07, 6.45) is 0. The fraction of sp³-hybridized carbons (Fsp3) is 0.188. The lowest BCUT2D eigenvalue weighted by Crippen LogP contribution is -2.03. The Morgan fingerprint density at radius 3 is 2.65 bits per heavy atom. The highest BCUT2D eigenvalue weighted by Crippen LogP contribution is 2.32. The molecule has 0 spiro atoms. The third-order valence-electron chi connectivity index (χ3n) is 3.29. The van der Waals surface area contributed by atoms with E-state index < -0.39 is 6.61 Å². The molecule has 120 valence electrons. The van der Waals surface area contributed by atoms with Crippen LogP contribution in [0.3, 0.4) is 0 Å². The SMILES string of the molecule is COc1cccc2onc(NCc3ccc(OC(F)F)cc3)c12. The number of fused-ring (bicyclic) bond motifs is 1. The Hall–Kier alpha value is -2.83. The Kier molecular flexibility index (Phi) is 4.27. The number of benzene rings is 2. The van der Waals surface area contributed by atoms with Gasteiger partial charge in [0.25, 0.3) is 0 Å². The van der Waals surface area contributed by atoms with Crippen molar-refractivity contribution in [1.29, 1.82) is 0 Å². The molecule has 0 radical (unpaired) electrons. The monoisotopic (exact) mass is 320 g/mol. The summed E-state index contributed by atoms with van der Waals surface area (Å²) >= 11 is 0. The van der Waals surface area contributed by atoms with Crippen LogP contribution in [-0.2, 0) is 6.54 Å². The van der Waals surface area contributed by atoms with Gasteiger partial charge in [0.2, 0.25) is 0 Å². The fourth-order valence-electron chi connectivity index (χ4n) is 2.23. The number of nitrogens with one attached hydrogen (secondary N) is 1. The van der Waals surface area contributed by atoms with Gasteiger partial charge in [-0.3, -0.25) is 0 Å². The molecule has 2 aromatic carbocycles. The lowest BCUT2D eigenvalue weighted by molar-refractivity contribution is -0.0498. The minimum atomic E-state index is -2.83. The highest BCUT2D eigenvalue weighted by molar-refractivity contribution is 5.93. The maximum absolute atomic E-state index is 12.1. The zero-order valence-corrected chi connectivity index (χ0v) is 12.3. The first-order chi connectivity index (χ1) is 11.2. The molecule has 3 aromatic rings. The smallest absolute Gasteiger partial charge is 0.387 e. The number of hydrogen-bond acceptors (Lipinski definition) is 5. The van der Waals surface area contributed by atoms with Crippen LogP contribution in [0.15, 0.2) is 47.0 Å². The van der Waals surface area contributed by atoms with Crippen molar-refractivity contribution in [3.05, 3.63) is 48.0 Å². The third kappa shape index (κ3) is 3.33. The van der Waals surface area contributed by atoms with Gasteiger partial charge in [0.15, 0.2) is 11.4 Å². The summed E-state index contributed by atoms with van der Waals surface area (Å²) in [6, 6.07) is 11.8. The van der Waals surface area contributed by atoms with Crippen LogP contribution in [-0.4, -0.2) is 18.9 Å². The second kappa shape index (κ2) is 6.51. The second-order valence-electron chi connectivity index (χ2n) is 4.74. The second-order valence-corrected chi connectivity index (χ2v) is 4.74. The molecule has 0 aliphatic carbocycles. The van der Waals surface area contributed by atoms with E-state index in [2.05, 4.69) is 15.2 Å². The zero-order valence-electron chi connectivity index (χ0n) is 12.3. The van der Waals surface area contributed by atoms with Gasteiger partial charge in [-0.25, -0.2) is 0 Å². The molecule has 1 N–H and O–H groups in total. The summed E-state index contributed by atoms with van der Waals surface area (Å²) < 4.78 is 39.1. The number of alkyl halides is 2. The summed E-state index contributed by atoms with van der Waals surface area (Å²) in [4.78, 5) is 0. The first-order valence-electron chi connectivity index (χ1n) is 6.87. The van der Waals surface area contributed by atoms with Crippen LogP contribution in [0.2, 0.25) is 0 Å². The van der Waals surface area contributed by atoms with E-state index in [4.69, 9.17) is 9.26 Å². The van der Waals surface area contributed by atoms with Crippen LogP contribution in [0.1, 0.15) is 5.56 Å². The Labute approximate surface area is 130 Å². The molecule has 1 aromatic heterocycles. The quantitative estimate of drug-likeness (QED) is 0.742. The van der Waals surface area contributed by atoms with Crippen LogP contribution in [0.25, 0.3) is 11.0 Å². The first kappa shape index (κ1) is 15.1. The zero-order chi connectivity index (χ0) is 16.2. The summed E-state index contributed by atoms with van der Waals surface area (Å²) in [5.74, 6) is 1.34. The molecular formula is C16H14F2N2O3. The molecule has 0 aliphatic rings. The third-order valence-corrected chi connectivity index (χ3v) is 3.29. The molecule has 3 rings (SSSR count). The molecule has 5 nitrogen and oxygen atoms in total. The van der Waals surface area contributed by atoms with E-state index in [9.17, 15) is 8.78 Å². The van der Waals surface area contributed by atoms with Gasteiger partial charge in [0.1, 0.15) is 16.9 Å². The number of ether oxygens (including phenoxy) is 2. The fourth-order valence-corrected chi connectivity index (χ4v) is 2.23. The largest absolute Gasteiger partial charge is 0.496 e. The van der Waals surface area contributed by atoms with Crippen LogP contribution in [0.5, 0.6) is 11.5 Å². The van der Waals surface area contributed by atoms with Crippen LogP contribution in [0, 0.1) is 0 Å². The number of nitrogens with zero attached hydrogens (tertiary/aromatic N) is 1. The number of rotatable bonds is 6. The summed E-state index contributed by atoms with van der Waals surface area (Å²) in [6.45, 7) is -2.37. The topological polar surface area (TPSA) is 56.5 Å². The van der Waals surface area contributed by atoms with Crippen molar-refractivity contribution < 1.29 is 22.8 Å². The maximum Gasteiger partial charge on any atom is 0.387 e. The molecule has 1 heterocycles. The van der Waals surface area contributed by atoms with E-state index in [0.29, 0.717) is 23.7 Å². The summed E-state index contributed by atoms with van der Waals surface area (Å²) in [7, 11) is 1.58. The Bertz CT molecular complexity index is 788. The maximum atomic E-state index is 12.1. The van der Waals surface area contributed by atoms with Crippen molar-refractivity contribution >= 4 is 16.8 Å². The highest BCUT2D eigenvalue weighted by atomic mass is 19.3. The summed E-state index contributed by atoms with van der Waals surface area (Å²) in [5.41, 5.74) is 1.50. The van der Waals surface area contributed by atoms with E-state index in [-0.39, 0.29) is 5.75 Å². The lowest BCUT2D eigenvalue weighted by atomic mass is 10.2. The number of methoxy groups -OCH3 is 1. The molecule has 0 atom stereocenters. The van der Waals surface area contributed by atoms with Crippen molar-refractivity contribution in [2.45, 2.75) is 13.2 Å². The molecule has 0 unspecified atom stereocenters. The minimum Gasteiger partial charge on any atom is -0.496 e. The Morgan fingerprint density at radius 2 is 1.96 bits per heavy atom. The first-order valence-corrected chi connectivity index (χ1v) is 6.87. The average Bonchev–Trinajstić information content (AvgIpc) is 2.97. The van der Waals surface area contributed by atoms with Gasteiger partial charge in [-0.1, -0.05) is 23.4 Å². The van der Waals surface area contributed by atoms with Gasteiger partial charge in [0.05, 0.1) is 7.11 Å². The van der Waals surface area contributed by atoms with Gasteiger partial charge >= 0.3 is 6.61 Å². The number of anilines is 1. The average molecular weight is 320 g/mol. The van der Waals surface area contributed by atoms with Crippen molar-refractivity contribution in [2.75, 3.05) is 12.4 Å². The molecule has 0 fully saturated rings. The molecule has 0 amide bonds. The predicted octanol–water partition coefficient (Wildman–Crippen LogP) is 4.05. The summed E-state index contributed by atoms with van der Waals surface area (Å²) in [5, 5.41) is 7.89. The van der Waals surface area contributed by atoms with E-state index >= 15 is 0 Å². The van der Waals surface area contributed by atoms with Crippen molar-refractivity contribution in [2.24, 2.45) is 0 Å². The number of halogens is 2. The van der Waals surface area contributed by atoms with Gasteiger partial charge < -0.3 is 19.3 Å². The van der Waals surface area contributed by atoms with Crippen LogP contribution < -0.4 is 14.8 Å². The minimum absolute atomic E-state index is 0.123. The Balaban J connectivity index is 1.73. The normalized spacial score (nSPS) is 11.0. The number of aromatic nitrogens is 1. The van der Waals surface area contributed by atoms with E-state index in [1.165, 1.54) is 12.1 Å². The molecule has 0 aliphatic heterocycles. The van der Waals surface area contributed by atoms with Gasteiger partial charge in [0, 0.05) is 6.54 Å². The van der Waals surface area contributed by atoms with E-state index in [0.717, 1.165) is 10.9 Å². The molecule has 0 saturated carbocycles. The molecule has 0 saturated heterocycles. The van der Waals surface area contributed by atoms with Crippen molar-refractivity contribution in [3.63, 3.8) is 0 Å². The van der Waals surface area contributed by atoms with Crippen LogP contribution in [0.4, 0.5) is 14.6 Å². The van der Waals surface area contributed by atoms with Crippen LogP contribution >= 0.6 is 0 Å². The molecule has 0 bridgehead atoms. The highest BCUT2D eigenvalue weighted by Gasteiger charge is 2.12. The van der Waals surface area contributed by atoms with Gasteiger partial charge in [-0.15, -0.1) is 0 Å². The lowest BCUT2D eigenvalue weighted by Gasteiger charge is -2.07. The molecule has 23 heavy (non-hydrogen) atoms. The van der Waals surface area contributed by atoms with Gasteiger partial charge in [-0.2, -0.15) is 8.78 Å². The molecule has 7 heteroatoms. The van der Waals surface area contributed by atoms with E-state index in [1.807, 2.05) is 12.1 Å².